The summed E-state index contributed by atoms with van der Waals surface area (Å²) in [5.74, 6) is -0.467. The van der Waals surface area contributed by atoms with Crippen molar-refractivity contribution in [3.05, 3.63) is 42.4 Å². The third-order valence-electron chi connectivity index (χ3n) is 4.96. The third kappa shape index (κ3) is 4.53. The van der Waals surface area contributed by atoms with Crippen LogP contribution < -0.4 is 10.2 Å². The van der Waals surface area contributed by atoms with E-state index in [0.29, 0.717) is 25.9 Å². The molecule has 2 heterocycles. The van der Waals surface area contributed by atoms with Gasteiger partial charge in [0.15, 0.2) is 5.03 Å². The van der Waals surface area contributed by atoms with Crippen LogP contribution in [0.2, 0.25) is 0 Å². The number of hydrogen-bond donors (Lipinski definition) is 1. The van der Waals surface area contributed by atoms with Gasteiger partial charge in [-0.1, -0.05) is 12.1 Å². The van der Waals surface area contributed by atoms with Crippen LogP contribution in [0.1, 0.15) is 18.4 Å². The van der Waals surface area contributed by atoms with E-state index >= 15 is 0 Å². The van der Waals surface area contributed by atoms with Crippen LogP contribution in [0.25, 0.3) is 0 Å². The molecule has 0 radical (unpaired) electrons. The van der Waals surface area contributed by atoms with Crippen LogP contribution in [-0.4, -0.2) is 55.4 Å². The van der Waals surface area contributed by atoms with Gasteiger partial charge in [-0.3, -0.25) is 4.79 Å². The molecular weight excluding hydrogens is 378 g/mol. The smallest absolute Gasteiger partial charge is 0.262 e. The van der Waals surface area contributed by atoms with Crippen LogP contribution in [0.3, 0.4) is 0 Å². The molecule has 1 aliphatic rings. The second kappa shape index (κ2) is 8.32. The van der Waals surface area contributed by atoms with Crippen LogP contribution in [0.15, 0.2) is 41.8 Å². The standard InChI is InChI=1S/C19H27N5O3S/c1-22(2)17-8-6-15(7-9-17)11-20-19(25)16-5-4-10-24(12-16)28(26,27)18-13-23(3)14-21-18/h6-9,13-14,16H,4-5,10-12H2,1-3H3,(H,20,25)/t16-/m0/s1. The molecule has 0 unspecified atom stereocenters. The molecule has 1 aromatic heterocycles. The molecule has 28 heavy (non-hydrogen) atoms. The average Bonchev–Trinajstić information content (AvgIpc) is 3.13. The van der Waals surface area contributed by atoms with Crippen molar-refractivity contribution in [1.29, 1.82) is 0 Å². The number of imidazole rings is 1. The Balaban J connectivity index is 1.59. The topological polar surface area (TPSA) is 87.5 Å². The van der Waals surface area contributed by atoms with E-state index in [4.69, 9.17) is 0 Å². The molecule has 1 atom stereocenters. The lowest BCUT2D eigenvalue weighted by atomic mass is 9.99. The number of aromatic nitrogens is 2. The summed E-state index contributed by atoms with van der Waals surface area (Å²) in [6, 6.07) is 7.97. The van der Waals surface area contributed by atoms with Crippen molar-refractivity contribution in [2.24, 2.45) is 13.0 Å². The third-order valence-corrected chi connectivity index (χ3v) is 6.71. The Morgan fingerprint density at radius 2 is 2.00 bits per heavy atom. The fraction of sp³-hybridized carbons (Fsp3) is 0.474. The Hall–Kier alpha value is -2.39. The maximum Gasteiger partial charge on any atom is 0.262 e. The highest BCUT2D eigenvalue weighted by Gasteiger charge is 2.34. The van der Waals surface area contributed by atoms with E-state index in [1.807, 2.05) is 43.3 Å². The molecule has 9 heteroatoms. The molecule has 0 spiro atoms. The van der Waals surface area contributed by atoms with Gasteiger partial charge in [-0.25, -0.2) is 13.4 Å². The monoisotopic (exact) mass is 405 g/mol. The number of carbonyl (C=O) groups is 1. The molecule has 2 aromatic rings. The normalized spacial score (nSPS) is 18.0. The first-order valence-corrected chi connectivity index (χ1v) is 10.7. The van der Waals surface area contributed by atoms with Crippen molar-refractivity contribution in [1.82, 2.24) is 19.2 Å². The van der Waals surface area contributed by atoms with Crippen molar-refractivity contribution in [2.45, 2.75) is 24.4 Å². The van der Waals surface area contributed by atoms with E-state index in [2.05, 4.69) is 10.3 Å². The van der Waals surface area contributed by atoms with Crippen LogP contribution in [-0.2, 0) is 28.4 Å². The molecule has 152 valence electrons. The molecule has 1 fully saturated rings. The zero-order chi connectivity index (χ0) is 20.3. The van der Waals surface area contributed by atoms with Gasteiger partial charge in [0.05, 0.1) is 12.2 Å². The predicted molar refractivity (Wildman–Crippen MR) is 107 cm³/mol. The van der Waals surface area contributed by atoms with Gasteiger partial charge in [-0.15, -0.1) is 0 Å². The van der Waals surface area contributed by atoms with Gasteiger partial charge in [-0.05, 0) is 30.5 Å². The Morgan fingerprint density at radius 1 is 1.29 bits per heavy atom. The fourth-order valence-corrected chi connectivity index (χ4v) is 4.76. The van der Waals surface area contributed by atoms with Gasteiger partial charge in [0.2, 0.25) is 5.91 Å². The van der Waals surface area contributed by atoms with E-state index in [1.54, 1.807) is 11.6 Å². The molecule has 1 N–H and O–H groups in total. The summed E-state index contributed by atoms with van der Waals surface area (Å²) < 4.78 is 28.5. The Bertz CT molecular complexity index is 921. The van der Waals surface area contributed by atoms with E-state index in [1.165, 1.54) is 16.8 Å². The largest absolute Gasteiger partial charge is 0.378 e. The Morgan fingerprint density at radius 3 is 2.61 bits per heavy atom. The molecule has 1 aliphatic heterocycles. The zero-order valence-electron chi connectivity index (χ0n) is 16.5. The first kappa shape index (κ1) is 20.3. The lowest BCUT2D eigenvalue weighted by molar-refractivity contribution is -0.126. The molecule has 3 rings (SSSR count). The van der Waals surface area contributed by atoms with Gasteiger partial charge in [-0.2, -0.15) is 4.31 Å². The van der Waals surface area contributed by atoms with Crippen LogP contribution in [0.4, 0.5) is 5.69 Å². The SMILES string of the molecule is CN(C)c1ccc(CNC(=O)[C@H]2CCCN(S(=O)(=O)c3cn(C)cn3)C2)cc1. The summed E-state index contributed by atoms with van der Waals surface area (Å²) in [6.07, 6.45) is 4.28. The summed E-state index contributed by atoms with van der Waals surface area (Å²) in [5.41, 5.74) is 2.10. The number of rotatable bonds is 6. The summed E-state index contributed by atoms with van der Waals surface area (Å²) in [6.45, 7) is 1.02. The summed E-state index contributed by atoms with van der Waals surface area (Å²) in [4.78, 5) is 18.6. The van der Waals surface area contributed by atoms with Crippen LogP contribution in [0.5, 0.6) is 0 Å². The highest BCUT2D eigenvalue weighted by Crippen LogP contribution is 2.23. The highest BCUT2D eigenvalue weighted by atomic mass is 32.2. The fourth-order valence-electron chi connectivity index (χ4n) is 3.27. The molecular formula is C19H27N5O3S. The lowest BCUT2D eigenvalue weighted by Crippen LogP contribution is -2.45. The number of nitrogens with one attached hydrogen (secondary N) is 1. The van der Waals surface area contributed by atoms with Crippen LogP contribution >= 0.6 is 0 Å². The van der Waals surface area contributed by atoms with Crippen molar-refractivity contribution in [2.75, 3.05) is 32.1 Å². The average molecular weight is 406 g/mol. The maximum atomic E-state index is 12.7. The summed E-state index contributed by atoms with van der Waals surface area (Å²) >= 11 is 0. The van der Waals surface area contributed by atoms with Crippen molar-refractivity contribution in [3.8, 4) is 0 Å². The van der Waals surface area contributed by atoms with Gasteiger partial charge in [0, 0.05) is 52.7 Å². The lowest BCUT2D eigenvalue weighted by Gasteiger charge is -2.30. The first-order valence-electron chi connectivity index (χ1n) is 9.29. The number of sulfonamides is 1. The quantitative estimate of drug-likeness (QED) is 0.780. The predicted octanol–water partition coefficient (Wildman–Crippen LogP) is 1.20. The minimum Gasteiger partial charge on any atom is -0.378 e. The summed E-state index contributed by atoms with van der Waals surface area (Å²) in [7, 11) is 2.01. The van der Waals surface area contributed by atoms with Gasteiger partial charge >= 0.3 is 0 Å². The number of piperidine rings is 1. The number of carbonyl (C=O) groups excluding carboxylic acids is 1. The number of anilines is 1. The Kier molecular flexibility index (Phi) is 6.04. The number of hydrogen-bond acceptors (Lipinski definition) is 5. The van der Waals surface area contributed by atoms with Gasteiger partial charge in [0.25, 0.3) is 10.0 Å². The van der Waals surface area contributed by atoms with E-state index in [9.17, 15) is 13.2 Å². The number of benzene rings is 1. The molecule has 1 saturated heterocycles. The zero-order valence-corrected chi connectivity index (χ0v) is 17.3. The van der Waals surface area contributed by atoms with E-state index in [0.717, 1.165) is 11.3 Å². The molecule has 8 nitrogen and oxygen atoms in total. The van der Waals surface area contributed by atoms with Crippen LogP contribution in [0, 0.1) is 5.92 Å². The molecule has 0 aliphatic carbocycles. The second-order valence-corrected chi connectivity index (χ2v) is 9.24. The van der Waals surface area contributed by atoms with Crippen molar-refractivity contribution < 1.29 is 13.2 Å². The number of aryl methyl sites for hydroxylation is 1. The minimum absolute atomic E-state index is 0.0250. The van der Waals surface area contributed by atoms with Crippen molar-refractivity contribution in [3.63, 3.8) is 0 Å². The Labute approximate surface area is 166 Å². The maximum absolute atomic E-state index is 12.7. The second-order valence-electron chi connectivity index (χ2n) is 7.36. The molecule has 0 saturated carbocycles. The van der Waals surface area contributed by atoms with Gasteiger partial charge < -0.3 is 14.8 Å². The first-order chi connectivity index (χ1) is 13.3. The number of nitrogens with zero attached hydrogens (tertiary/aromatic N) is 4. The molecule has 1 aromatic carbocycles. The molecule has 0 bridgehead atoms. The summed E-state index contributed by atoms with van der Waals surface area (Å²) in [5, 5.41) is 2.96. The number of amides is 1. The minimum atomic E-state index is -3.67. The molecule has 1 amide bonds. The van der Waals surface area contributed by atoms with Gasteiger partial charge in [0.1, 0.15) is 0 Å². The van der Waals surface area contributed by atoms with Crippen molar-refractivity contribution >= 4 is 21.6 Å². The highest BCUT2D eigenvalue weighted by molar-refractivity contribution is 7.89. The van der Waals surface area contributed by atoms with E-state index < -0.39 is 10.0 Å². The van der Waals surface area contributed by atoms with E-state index in [-0.39, 0.29) is 23.4 Å².